The van der Waals surface area contributed by atoms with Crippen LogP contribution in [0.15, 0.2) is 66.7 Å². The third-order valence-corrected chi connectivity index (χ3v) is 7.89. The number of rotatable bonds is 3. The Labute approximate surface area is 204 Å². The molecule has 5 rings (SSSR count). The summed E-state index contributed by atoms with van der Waals surface area (Å²) in [6, 6.07) is 18.6. The Morgan fingerprint density at radius 2 is 1.57 bits per heavy atom. The number of hydrogen-bond acceptors (Lipinski definition) is 2. The normalized spacial score (nSPS) is 22.8. The van der Waals surface area contributed by atoms with E-state index < -0.39 is 11.7 Å². The molecule has 6 heteroatoms. The van der Waals surface area contributed by atoms with Crippen LogP contribution in [0.2, 0.25) is 0 Å². The lowest BCUT2D eigenvalue weighted by Gasteiger charge is -2.47. The van der Waals surface area contributed by atoms with Crippen molar-refractivity contribution in [3.05, 3.63) is 94.8 Å². The molecule has 2 atom stereocenters. The molecular weight excluding hydrogens is 452 g/mol. The lowest BCUT2D eigenvalue weighted by atomic mass is 9.86. The van der Waals surface area contributed by atoms with Crippen LogP contribution in [0.3, 0.4) is 0 Å². The maximum absolute atomic E-state index is 13.7. The van der Waals surface area contributed by atoms with Gasteiger partial charge in [0.15, 0.2) is 0 Å². The van der Waals surface area contributed by atoms with Gasteiger partial charge in [-0.05, 0) is 79.4 Å². The first-order valence-corrected chi connectivity index (χ1v) is 12.1. The molecule has 0 unspecified atom stereocenters. The van der Waals surface area contributed by atoms with Gasteiger partial charge in [0.1, 0.15) is 5.82 Å². The molecule has 35 heavy (non-hydrogen) atoms. The first-order chi connectivity index (χ1) is 16.5. The summed E-state index contributed by atoms with van der Waals surface area (Å²) in [5.41, 5.74) is 4.03. The highest BCUT2D eigenvalue weighted by molar-refractivity contribution is 5.69. The van der Waals surface area contributed by atoms with Crippen LogP contribution in [-0.2, 0) is 6.18 Å². The molecule has 1 aliphatic carbocycles. The van der Waals surface area contributed by atoms with Crippen LogP contribution in [0.4, 0.5) is 17.6 Å². The summed E-state index contributed by atoms with van der Waals surface area (Å²) in [4.78, 5) is 4.67. The largest absolute Gasteiger partial charge is 0.416 e. The molecule has 2 aliphatic rings. The Hall–Kier alpha value is -2.70. The number of alkyl halides is 3. The predicted octanol–water partition coefficient (Wildman–Crippen LogP) is 7.11. The van der Waals surface area contributed by atoms with Gasteiger partial charge in [-0.1, -0.05) is 42.5 Å². The van der Waals surface area contributed by atoms with E-state index in [0.717, 1.165) is 47.5 Å². The summed E-state index contributed by atoms with van der Waals surface area (Å²) in [6.45, 7) is 6.84. The fourth-order valence-electron chi connectivity index (χ4n) is 5.71. The van der Waals surface area contributed by atoms with Gasteiger partial charge in [-0.15, -0.1) is 0 Å². The molecule has 184 valence electrons. The average molecular weight is 483 g/mol. The number of likely N-dealkylation sites (N-methyl/N-ethyl adjacent to an activating group) is 1. The van der Waals surface area contributed by atoms with E-state index in [-0.39, 0.29) is 23.3 Å². The van der Waals surface area contributed by atoms with Gasteiger partial charge < -0.3 is 0 Å². The number of halogens is 4. The quantitative estimate of drug-likeness (QED) is 0.367. The second-order valence-electron chi connectivity index (χ2n) is 10.4. The van der Waals surface area contributed by atoms with E-state index in [9.17, 15) is 17.6 Å². The Bertz CT molecular complexity index is 1220. The Morgan fingerprint density at radius 1 is 0.857 bits per heavy atom. The molecule has 0 spiro atoms. The number of piperazine rings is 1. The van der Waals surface area contributed by atoms with Gasteiger partial charge in [0.2, 0.25) is 0 Å². The van der Waals surface area contributed by atoms with Crippen LogP contribution in [0.1, 0.15) is 54.5 Å². The zero-order valence-corrected chi connectivity index (χ0v) is 20.2. The molecule has 1 aliphatic heterocycles. The molecule has 3 aromatic rings. The van der Waals surface area contributed by atoms with Crippen LogP contribution in [-0.4, -0.2) is 42.0 Å². The van der Waals surface area contributed by atoms with Crippen LogP contribution in [0.5, 0.6) is 0 Å². The highest BCUT2D eigenvalue weighted by Gasteiger charge is 2.42. The van der Waals surface area contributed by atoms with Gasteiger partial charge >= 0.3 is 6.18 Å². The lowest BCUT2D eigenvalue weighted by molar-refractivity contribution is -0.137. The molecule has 1 fully saturated rings. The Kier molecular flexibility index (Phi) is 6.01. The van der Waals surface area contributed by atoms with Crippen molar-refractivity contribution in [2.75, 3.05) is 26.7 Å². The highest BCUT2D eigenvalue weighted by Crippen LogP contribution is 2.50. The van der Waals surface area contributed by atoms with Gasteiger partial charge in [0.05, 0.1) is 5.56 Å². The molecule has 0 radical (unpaired) electrons. The predicted molar refractivity (Wildman–Crippen MR) is 131 cm³/mol. The SMILES string of the molecule is CN1CCN([C@@H]2C[C@@H](c3ccccc3-c3ccc(F)cc3)c3ccc(C(F)(F)F)cc32)CC1(C)C. The molecule has 0 aromatic heterocycles. The van der Waals surface area contributed by atoms with Crippen molar-refractivity contribution in [3.63, 3.8) is 0 Å². The van der Waals surface area contributed by atoms with Crippen molar-refractivity contribution in [2.45, 2.75) is 43.9 Å². The van der Waals surface area contributed by atoms with Crippen LogP contribution < -0.4 is 0 Å². The third-order valence-electron chi connectivity index (χ3n) is 7.89. The highest BCUT2D eigenvalue weighted by atomic mass is 19.4. The molecule has 0 saturated carbocycles. The summed E-state index contributed by atoms with van der Waals surface area (Å²) in [6.07, 6.45) is -3.67. The zero-order valence-electron chi connectivity index (χ0n) is 20.2. The van der Waals surface area contributed by atoms with E-state index >= 15 is 0 Å². The van der Waals surface area contributed by atoms with E-state index in [1.54, 1.807) is 18.2 Å². The summed E-state index contributed by atoms with van der Waals surface area (Å²) >= 11 is 0. The monoisotopic (exact) mass is 482 g/mol. The summed E-state index contributed by atoms with van der Waals surface area (Å²) in [5, 5.41) is 0. The molecule has 1 heterocycles. The van der Waals surface area contributed by atoms with Gasteiger partial charge in [-0.3, -0.25) is 9.80 Å². The lowest BCUT2D eigenvalue weighted by Crippen LogP contribution is -2.58. The maximum atomic E-state index is 13.7. The van der Waals surface area contributed by atoms with Gasteiger partial charge in [0, 0.05) is 37.1 Å². The van der Waals surface area contributed by atoms with E-state index in [1.807, 2.05) is 18.2 Å². The van der Waals surface area contributed by atoms with Crippen LogP contribution in [0.25, 0.3) is 11.1 Å². The fraction of sp³-hybridized carbons (Fsp3) is 0.379. The first kappa shape index (κ1) is 24.0. The number of nitrogens with zero attached hydrogens (tertiary/aromatic N) is 2. The summed E-state index contributed by atoms with van der Waals surface area (Å²) in [5.74, 6) is -0.337. The minimum atomic E-state index is -4.38. The first-order valence-electron chi connectivity index (χ1n) is 12.1. The third kappa shape index (κ3) is 4.50. The Balaban J connectivity index is 1.60. The van der Waals surface area contributed by atoms with Crippen molar-refractivity contribution >= 4 is 0 Å². The Morgan fingerprint density at radius 3 is 2.26 bits per heavy atom. The van der Waals surface area contributed by atoms with Gasteiger partial charge in [0.25, 0.3) is 0 Å². The van der Waals surface area contributed by atoms with Crippen molar-refractivity contribution in [1.82, 2.24) is 9.80 Å². The molecule has 1 saturated heterocycles. The standard InChI is InChI=1S/C29H30F4N2/c1-28(2)18-35(15-14-34(28)3)27-17-25(24-13-10-20(16-26(24)27)29(31,32)33)23-7-5-4-6-22(23)19-8-11-21(30)12-9-19/h4-13,16,25,27H,14-15,17-18H2,1-3H3/t25-,27+/m0/s1. The smallest absolute Gasteiger partial charge is 0.299 e. The van der Waals surface area contributed by atoms with Crippen molar-refractivity contribution in [3.8, 4) is 11.1 Å². The molecular formula is C29H30F4N2. The minimum absolute atomic E-state index is 0.0405. The van der Waals surface area contributed by atoms with E-state index in [4.69, 9.17) is 0 Å². The van der Waals surface area contributed by atoms with Crippen molar-refractivity contribution in [2.24, 2.45) is 0 Å². The van der Waals surface area contributed by atoms with Crippen LogP contribution in [0, 0.1) is 5.82 Å². The van der Waals surface area contributed by atoms with Crippen LogP contribution >= 0.6 is 0 Å². The molecule has 3 aromatic carbocycles. The minimum Gasteiger partial charge on any atom is -0.299 e. The van der Waals surface area contributed by atoms with Gasteiger partial charge in [-0.25, -0.2) is 4.39 Å². The zero-order chi connectivity index (χ0) is 25.0. The fourth-order valence-corrected chi connectivity index (χ4v) is 5.71. The van der Waals surface area contributed by atoms with Crippen molar-refractivity contribution < 1.29 is 17.6 Å². The number of hydrogen-bond donors (Lipinski definition) is 0. The second-order valence-corrected chi connectivity index (χ2v) is 10.4. The van der Waals surface area contributed by atoms with Crippen molar-refractivity contribution in [1.29, 1.82) is 0 Å². The van der Waals surface area contributed by atoms with E-state index in [0.29, 0.717) is 6.42 Å². The number of benzene rings is 3. The summed E-state index contributed by atoms with van der Waals surface area (Å²) < 4.78 is 54.6. The maximum Gasteiger partial charge on any atom is 0.416 e. The van der Waals surface area contributed by atoms with E-state index in [2.05, 4.69) is 36.8 Å². The topological polar surface area (TPSA) is 6.48 Å². The average Bonchev–Trinajstić information content (AvgIpc) is 3.20. The summed E-state index contributed by atoms with van der Waals surface area (Å²) in [7, 11) is 2.10. The second kappa shape index (κ2) is 8.75. The molecule has 0 bridgehead atoms. The van der Waals surface area contributed by atoms with E-state index in [1.165, 1.54) is 24.3 Å². The van der Waals surface area contributed by atoms with Gasteiger partial charge in [-0.2, -0.15) is 13.2 Å². The number of fused-ring (bicyclic) bond motifs is 1. The molecule has 0 amide bonds. The molecule has 0 N–H and O–H groups in total. The molecule has 2 nitrogen and oxygen atoms in total.